The fourth-order valence-corrected chi connectivity index (χ4v) is 1.97. The van der Waals surface area contributed by atoms with Gasteiger partial charge in [-0.15, -0.1) is 0 Å². The lowest BCUT2D eigenvalue weighted by Crippen LogP contribution is -2.25. The maximum atomic E-state index is 6.14. The lowest BCUT2D eigenvalue weighted by atomic mass is 9.98. The first kappa shape index (κ1) is 13.5. The van der Waals surface area contributed by atoms with Crippen molar-refractivity contribution in [1.29, 1.82) is 0 Å². The van der Waals surface area contributed by atoms with Crippen LogP contribution in [-0.2, 0) is 6.42 Å². The Morgan fingerprint density at radius 1 is 1.19 bits per heavy atom. The molecule has 0 aliphatic rings. The van der Waals surface area contributed by atoms with E-state index in [-0.39, 0.29) is 0 Å². The Kier molecular flexibility index (Phi) is 5.86. The molecule has 0 aliphatic heterocycles. The molecule has 0 radical (unpaired) electrons. The van der Waals surface area contributed by atoms with Gasteiger partial charge < -0.3 is 5.32 Å². The zero-order chi connectivity index (χ0) is 12.0. The summed E-state index contributed by atoms with van der Waals surface area (Å²) in [5.74, 6) is 0.672. The van der Waals surface area contributed by atoms with Gasteiger partial charge in [0, 0.05) is 11.1 Å². The third-order valence-corrected chi connectivity index (χ3v) is 3.08. The van der Waals surface area contributed by atoms with E-state index < -0.39 is 0 Å². The molecule has 1 aromatic rings. The zero-order valence-electron chi connectivity index (χ0n) is 10.5. The summed E-state index contributed by atoms with van der Waals surface area (Å²) < 4.78 is 0. The summed E-state index contributed by atoms with van der Waals surface area (Å²) in [5, 5.41) is 4.34. The van der Waals surface area contributed by atoms with Crippen molar-refractivity contribution in [1.82, 2.24) is 5.32 Å². The van der Waals surface area contributed by atoms with E-state index in [1.807, 2.05) is 12.1 Å². The maximum Gasteiger partial charge on any atom is 0.0438 e. The van der Waals surface area contributed by atoms with Crippen LogP contribution in [0.2, 0.25) is 5.02 Å². The highest BCUT2D eigenvalue weighted by atomic mass is 35.5. The number of hydrogen-bond donors (Lipinski definition) is 1. The highest BCUT2D eigenvalue weighted by molar-refractivity contribution is 6.31. The van der Waals surface area contributed by atoms with E-state index in [9.17, 15) is 0 Å². The van der Waals surface area contributed by atoms with Crippen molar-refractivity contribution in [3.8, 4) is 0 Å². The molecule has 0 saturated carbocycles. The van der Waals surface area contributed by atoms with Crippen LogP contribution in [0.15, 0.2) is 24.3 Å². The normalized spacial score (nSPS) is 13.1. The van der Waals surface area contributed by atoms with Crippen LogP contribution in [0, 0.1) is 5.92 Å². The first-order chi connectivity index (χ1) is 7.59. The highest BCUT2D eigenvalue weighted by Gasteiger charge is 2.06. The molecule has 1 aromatic carbocycles. The Labute approximate surface area is 104 Å². The molecule has 0 spiro atoms. The van der Waals surface area contributed by atoms with E-state index in [4.69, 9.17) is 11.6 Å². The molecule has 0 aliphatic carbocycles. The second kappa shape index (κ2) is 6.93. The van der Waals surface area contributed by atoms with E-state index >= 15 is 0 Å². The fourth-order valence-electron chi connectivity index (χ4n) is 1.76. The molecule has 0 fully saturated rings. The molecule has 90 valence electrons. The Morgan fingerprint density at radius 3 is 2.50 bits per heavy atom. The summed E-state index contributed by atoms with van der Waals surface area (Å²) in [4.78, 5) is 0. The Hall–Kier alpha value is -0.530. The van der Waals surface area contributed by atoms with Crippen LogP contribution in [0.5, 0.6) is 0 Å². The van der Waals surface area contributed by atoms with Gasteiger partial charge in [0.05, 0.1) is 0 Å². The van der Waals surface area contributed by atoms with Gasteiger partial charge in [-0.1, -0.05) is 50.6 Å². The van der Waals surface area contributed by atoms with Gasteiger partial charge in [0.25, 0.3) is 0 Å². The Morgan fingerprint density at radius 2 is 1.88 bits per heavy atom. The molecule has 0 saturated heterocycles. The third-order valence-electron chi connectivity index (χ3n) is 2.72. The molecule has 16 heavy (non-hydrogen) atoms. The van der Waals surface area contributed by atoms with E-state index in [0.717, 1.165) is 18.0 Å². The molecule has 1 atom stereocenters. The van der Waals surface area contributed by atoms with Crippen molar-refractivity contribution in [2.75, 3.05) is 6.54 Å². The number of halogens is 1. The molecule has 0 amide bonds. The summed E-state index contributed by atoms with van der Waals surface area (Å²) in [5.41, 5.74) is 1.27. The quantitative estimate of drug-likeness (QED) is 0.794. The smallest absolute Gasteiger partial charge is 0.0438 e. The van der Waals surface area contributed by atoms with Gasteiger partial charge in [0.1, 0.15) is 0 Å². The topological polar surface area (TPSA) is 12.0 Å². The van der Waals surface area contributed by atoms with Crippen molar-refractivity contribution >= 4 is 11.6 Å². The molecule has 0 aromatic heterocycles. The van der Waals surface area contributed by atoms with E-state index in [0.29, 0.717) is 12.0 Å². The number of nitrogens with one attached hydrogen (secondary N) is 1. The van der Waals surface area contributed by atoms with Crippen molar-refractivity contribution in [3.05, 3.63) is 34.9 Å². The van der Waals surface area contributed by atoms with E-state index in [2.05, 4.69) is 38.2 Å². The van der Waals surface area contributed by atoms with Crippen LogP contribution in [0.4, 0.5) is 0 Å². The molecule has 1 unspecified atom stereocenters. The number of hydrogen-bond acceptors (Lipinski definition) is 1. The largest absolute Gasteiger partial charge is 0.315 e. The molecule has 1 rings (SSSR count). The van der Waals surface area contributed by atoms with Crippen molar-refractivity contribution < 1.29 is 0 Å². The van der Waals surface area contributed by atoms with Gasteiger partial charge in [0.2, 0.25) is 0 Å². The summed E-state index contributed by atoms with van der Waals surface area (Å²) in [6, 6.07) is 8.70. The molecule has 1 N–H and O–H groups in total. The minimum absolute atomic E-state index is 0.576. The first-order valence-corrected chi connectivity index (χ1v) is 6.44. The van der Waals surface area contributed by atoms with Crippen LogP contribution in [0.1, 0.15) is 32.8 Å². The summed E-state index contributed by atoms with van der Waals surface area (Å²) in [6.45, 7) is 7.73. The standard InChI is InChI=1S/C14H22ClN/c1-11(2)16-9-8-12(3)10-13-6-4-5-7-14(13)15/h4-7,11-12,16H,8-10H2,1-3H3. The van der Waals surface area contributed by atoms with Crippen LogP contribution in [0.3, 0.4) is 0 Å². The van der Waals surface area contributed by atoms with Crippen molar-refractivity contribution in [3.63, 3.8) is 0 Å². The van der Waals surface area contributed by atoms with E-state index in [1.165, 1.54) is 12.0 Å². The number of rotatable bonds is 6. The average Bonchev–Trinajstić information content (AvgIpc) is 2.21. The van der Waals surface area contributed by atoms with Gasteiger partial charge in [-0.25, -0.2) is 0 Å². The minimum Gasteiger partial charge on any atom is -0.315 e. The minimum atomic E-state index is 0.576. The lowest BCUT2D eigenvalue weighted by molar-refractivity contribution is 0.476. The second-order valence-electron chi connectivity index (χ2n) is 4.80. The van der Waals surface area contributed by atoms with Gasteiger partial charge in [-0.05, 0) is 36.9 Å². The summed E-state index contributed by atoms with van der Waals surface area (Å²) >= 11 is 6.14. The maximum absolute atomic E-state index is 6.14. The fraction of sp³-hybridized carbons (Fsp3) is 0.571. The van der Waals surface area contributed by atoms with Crippen molar-refractivity contribution in [2.45, 2.75) is 39.7 Å². The Bertz CT molecular complexity index is 309. The van der Waals surface area contributed by atoms with Crippen LogP contribution in [0.25, 0.3) is 0 Å². The zero-order valence-corrected chi connectivity index (χ0v) is 11.2. The van der Waals surface area contributed by atoms with Gasteiger partial charge in [-0.3, -0.25) is 0 Å². The summed E-state index contributed by atoms with van der Waals surface area (Å²) in [7, 11) is 0. The van der Waals surface area contributed by atoms with Gasteiger partial charge >= 0.3 is 0 Å². The molecule has 1 nitrogen and oxygen atoms in total. The number of benzene rings is 1. The van der Waals surface area contributed by atoms with Gasteiger partial charge in [0.15, 0.2) is 0 Å². The van der Waals surface area contributed by atoms with E-state index in [1.54, 1.807) is 0 Å². The monoisotopic (exact) mass is 239 g/mol. The Balaban J connectivity index is 2.34. The van der Waals surface area contributed by atoms with Crippen LogP contribution >= 0.6 is 11.6 Å². The average molecular weight is 240 g/mol. The highest BCUT2D eigenvalue weighted by Crippen LogP contribution is 2.19. The van der Waals surface area contributed by atoms with Crippen LogP contribution in [-0.4, -0.2) is 12.6 Å². The van der Waals surface area contributed by atoms with Gasteiger partial charge in [-0.2, -0.15) is 0 Å². The second-order valence-corrected chi connectivity index (χ2v) is 5.21. The lowest BCUT2D eigenvalue weighted by Gasteiger charge is -2.14. The molecular formula is C14H22ClN. The van der Waals surface area contributed by atoms with Crippen molar-refractivity contribution in [2.24, 2.45) is 5.92 Å². The molecule has 2 heteroatoms. The molecular weight excluding hydrogens is 218 g/mol. The SMILES string of the molecule is CC(CCNC(C)C)Cc1ccccc1Cl. The predicted octanol–water partition coefficient (Wildman–Crippen LogP) is 3.91. The summed E-state index contributed by atoms with van der Waals surface area (Å²) in [6.07, 6.45) is 2.27. The van der Waals surface area contributed by atoms with Crippen LogP contribution < -0.4 is 5.32 Å². The first-order valence-electron chi connectivity index (χ1n) is 6.06. The molecule has 0 heterocycles. The molecule has 0 bridgehead atoms. The third kappa shape index (κ3) is 5.00. The predicted molar refractivity (Wildman–Crippen MR) is 72.1 cm³/mol.